The molecule has 0 aliphatic carbocycles. The number of nitrogens with zero attached hydrogens (tertiary/aromatic N) is 4. The van der Waals surface area contributed by atoms with Crippen molar-refractivity contribution < 1.29 is 4.74 Å². The van der Waals surface area contributed by atoms with Crippen molar-refractivity contribution in [2.24, 2.45) is 5.41 Å². The lowest BCUT2D eigenvalue weighted by Crippen LogP contribution is -2.48. The molecular weight excluding hydrogens is 312 g/mol. The fourth-order valence-corrected chi connectivity index (χ4v) is 4.64. The quantitative estimate of drug-likeness (QED) is 0.835. The van der Waals surface area contributed by atoms with E-state index in [1.807, 2.05) is 18.5 Å². The second kappa shape index (κ2) is 8.02. The average molecular weight is 345 g/mol. The van der Waals surface area contributed by atoms with Crippen LogP contribution in [0.15, 0.2) is 24.5 Å². The maximum atomic E-state index is 6.04. The molecule has 3 aliphatic heterocycles. The molecule has 5 nitrogen and oxygen atoms in total. The van der Waals surface area contributed by atoms with Gasteiger partial charge < -0.3 is 14.5 Å². The Morgan fingerprint density at radius 2 is 1.80 bits per heavy atom. The van der Waals surface area contributed by atoms with Crippen LogP contribution in [-0.4, -0.2) is 80.4 Å². The van der Waals surface area contributed by atoms with Crippen molar-refractivity contribution in [1.29, 1.82) is 0 Å². The number of piperidine rings is 1. The van der Waals surface area contributed by atoms with E-state index in [0.29, 0.717) is 5.41 Å². The molecule has 3 fully saturated rings. The number of ether oxygens (including phenoxy) is 1. The normalized spacial score (nSPS) is 25.4. The molecule has 3 saturated heterocycles. The molecule has 4 heterocycles. The highest BCUT2D eigenvalue weighted by molar-refractivity contribution is 5.44. The van der Waals surface area contributed by atoms with Gasteiger partial charge in [-0.25, -0.2) is 0 Å². The Kier molecular flexibility index (Phi) is 5.54. The first-order valence-corrected chi connectivity index (χ1v) is 10.0. The largest absolute Gasteiger partial charge is 0.379 e. The Morgan fingerprint density at radius 1 is 1.00 bits per heavy atom. The zero-order valence-corrected chi connectivity index (χ0v) is 15.4. The molecule has 1 aromatic heterocycles. The Bertz CT molecular complexity index is 524. The van der Waals surface area contributed by atoms with Crippen LogP contribution < -0.4 is 4.90 Å². The Balaban J connectivity index is 1.32. The van der Waals surface area contributed by atoms with Crippen LogP contribution >= 0.6 is 0 Å². The minimum atomic E-state index is 0.347. The molecule has 0 amide bonds. The van der Waals surface area contributed by atoms with Gasteiger partial charge in [0, 0.05) is 50.9 Å². The van der Waals surface area contributed by atoms with Crippen molar-refractivity contribution in [3.05, 3.63) is 24.5 Å². The van der Waals surface area contributed by atoms with Crippen LogP contribution in [0.3, 0.4) is 0 Å². The number of pyridine rings is 1. The van der Waals surface area contributed by atoms with Crippen molar-refractivity contribution in [3.8, 4) is 0 Å². The summed E-state index contributed by atoms with van der Waals surface area (Å²) < 4.78 is 6.04. The highest BCUT2D eigenvalue weighted by Gasteiger charge is 2.38. The Hall–Kier alpha value is -1.17. The van der Waals surface area contributed by atoms with Gasteiger partial charge in [0.1, 0.15) is 0 Å². The summed E-state index contributed by atoms with van der Waals surface area (Å²) in [5, 5.41) is 0. The zero-order valence-electron chi connectivity index (χ0n) is 15.4. The first-order valence-electron chi connectivity index (χ1n) is 10.0. The summed E-state index contributed by atoms with van der Waals surface area (Å²) in [5.41, 5.74) is 1.61. The summed E-state index contributed by atoms with van der Waals surface area (Å²) in [6.07, 6.45) is 9.06. The zero-order chi connectivity index (χ0) is 17.0. The van der Waals surface area contributed by atoms with Crippen LogP contribution in [0.1, 0.15) is 25.7 Å². The van der Waals surface area contributed by atoms with Crippen molar-refractivity contribution in [3.63, 3.8) is 0 Å². The predicted octanol–water partition coefficient (Wildman–Crippen LogP) is 2.10. The van der Waals surface area contributed by atoms with Crippen LogP contribution in [0.4, 0.5) is 5.69 Å². The molecular formula is C20H32N4O. The molecule has 3 aliphatic rings. The van der Waals surface area contributed by atoms with Gasteiger partial charge in [-0.2, -0.15) is 0 Å². The summed E-state index contributed by atoms with van der Waals surface area (Å²) in [5.74, 6) is 0. The number of anilines is 1. The molecule has 138 valence electrons. The van der Waals surface area contributed by atoms with Crippen LogP contribution in [0.25, 0.3) is 0 Å². The van der Waals surface area contributed by atoms with E-state index in [0.717, 1.165) is 32.8 Å². The molecule has 1 aromatic rings. The van der Waals surface area contributed by atoms with E-state index in [4.69, 9.17) is 4.74 Å². The molecule has 25 heavy (non-hydrogen) atoms. The molecule has 1 spiro atoms. The number of aromatic nitrogens is 1. The molecule has 0 N–H and O–H groups in total. The van der Waals surface area contributed by atoms with E-state index in [9.17, 15) is 0 Å². The average Bonchev–Trinajstić information content (AvgIpc) is 3.11. The fraction of sp³-hybridized carbons (Fsp3) is 0.750. The molecule has 0 bridgehead atoms. The number of likely N-dealkylation sites (tertiary alicyclic amines) is 1. The van der Waals surface area contributed by atoms with Crippen LogP contribution in [0.2, 0.25) is 0 Å². The standard InChI is InChI=1S/C20H32N4O/c1-2-9-22(8-1)12-13-23-14-15-25-18-20(17-23)5-10-24(11-6-20)19-4-3-7-21-16-19/h3-4,7,16H,1-2,5-6,8-15,17-18H2. The molecule has 0 radical (unpaired) electrons. The molecule has 4 rings (SSSR count). The highest BCUT2D eigenvalue weighted by atomic mass is 16.5. The second-order valence-electron chi connectivity index (χ2n) is 8.08. The Morgan fingerprint density at radius 3 is 2.56 bits per heavy atom. The van der Waals surface area contributed by atoms with Gasteiger partial charge in [0.15, 0.2) is 0 Å². The predicted molar refractivity (Wildman–Crippen MR) is 101 cm³/mol. The van der Waals surface area contributed by atoms with E-state index in [1.54, 1.807) is 0 Å². The fourth-order valence-electron chi connectivity index (χ4n) is 4.64. The van der Waals surface area contributed by atoms with Crippen LogP contribution in [0.5, 0.6) is 0 Å². The van der Waals surface area contributed by atoms with Crippen molar-refractivity contribution in [2.45, 2.75) is 25.7 Å². The van der Waals surface area contributed by atoms with Crippen molar-refractivity contribution >= 4 is 5.69 Å². The molecule has 5 heteroatoms. The second-order valence-corrected chi connectivity index (χ2v) is 8.08. The first-order chi connectivity index (χ1) is 12.3. The lowest BCUT2D eigenvalue weighted by atomic mass is 9.78. The lowest BCUT2D eigenvalue weighted by Gasteiger charge is -2.43. The van der Waals surface area contributed by atoms with Crippen molar-refractivity contribution in [2.75, 3.05) is 70.5 Å². The van der Waals surface area contributed by atoms with Crippen LogP contribution in [0, 0.1) is 5.41 Å². The monoisotopic (exact) mass is 344 g/mol. The lowest BCUT2D eigenvalue weighted by molar-refractivity contribution is 0.0489. The number of hydrogen-bond donors (Lipinski definition) is 0. The van der Waals surface area contributed by atoms with Gasteiger partial charge in [-0.3, -0.25) is 9.88 Å². The van der Waals surface area contributed by atoms with Gasteiger partial charge in [0.2, 0.25) is 0 Å². The van der Waals surface area contributed by atoms with E-state index in [2.05, 4.69) is 25.8 Å². The molecule has 0 unspecified atom stereocenters. The van der Waals surface area contributed by atoms with Gasteiger partial charge in [-0.1, -0.05) is 0 Å². The van der Waals surface area contributed by atoms with Crippen molar-refractivity contribution in [1.82, 2.24) is 14.8 Å². The number of hydrogen-bond acceptors (Lipinski definition) is 5. The molecule has 0 aromatic carbocycles. The van der Waals surface area contributed by atoms with E-state index >= 15 is 0 Å². The minimum Gasteiger partial charge on any atom is -0.379 e. The van der Waals surface area contributed by atoms with Gasteiger partial charge in [-0.15, -0.1) is 0 Å². The third-order valence-electron chi connectivity index (χ3n) is 6.29. The summed E-state index contributed by atoms with van der Waals surface area (Å²) in [7, 11) is 0. The van der Waals surface area contributed by atoms with Gasteiger partial charge >= 0.3 is 0 Å². The summed E-state index contributed by atoms with van der Waals surface area (Å²) in [6.45, 7) is 11.4. The SMILES string of the molecule is c1cncc(N2CCC3(CC2)COCCN(CCN2CCCC2)C3)c1. The van der Waals surface area contributed by atoms with E-state index in [1.165, 1.54) is 64.1 Å². The molecule has 0 atom stereocenters. The smallest absolute Gasteiger partial charge is 0.0593 e. The highest BCUT2D eigenvalue weighted by Crippen LogP contribution is 2.35. The maximum Gasteiger partial charge on any atom is 0.0593 e. The third-order valence-corrected chi connectivity index (χ3v) is 6.29. The summed E-state index contributed by atoms with van der Waals surface area (Å²) in [4.78, 5) is 12.1. The third kappa shape index (κ3) is 4.33. The summed E-state index contributed by atoms with van der Waals surface area (Å²) in [6, 6.07) is 4.21. The van der Waals surface area contributed by atoms with Gasteiger partial charge in [0.05, 0.1) is 25.1 Å². The Labute approximate surface area is 152 Å². The molecule has 0 saturated carbocycles. The van der Waals surface area contributed by atoms with Gasteiger partial charge in [0.25, 0.3) is 0 Å². The number of rotatable bonds is 4. The van der Waals surface area contributed by atoms with E-state index in [-0.39, 0.29) is 0 Å². The van der Waals surface area contributed by atoms with E-state index < -0.39 is 0 Å². The van der Waals surface area contributed by atoms with Crippen LogP contribution in [-0.2, 0) is 4.74 Å². The van der Waals surface area contributed by atoms with Gasteiger partial charge in [-0.05, 0) is 50.9 Å². The first kappa shape index (κ1) is 17.3. The topological polar surface area (TPSA) is 31.8 Å². The minimum absolute atomic E-state index is 0.347. The summed E-state index contributed by atoms with van der Waals surface area (Å²) >= 11 is 0. The maximum absolute atomic E-state index is 6.04.